The van der Waals surface area contributed by atoms with Gasteiger partial charge in [-0.05, 0) is 25.5 Å². The molecule has 7 nitrogen and oxygen atoms in total. The van der Waals surface area contributed by atoms with Crippen LogP contribution in [-0.2, 0) is 29.0 Å². The van der Waals surface area contributed by atoms with Gasteiger partial charge in [-0.3, -0.25) is 9.59 Å². The molecule has 1 aromatic rings. The van der Waals surface area contributed by atoms with E-state index in [4.69, 9.17) is 0 Å². The second-order valence-electron chi connectivity index (χ2n) is 6.40. The van der Waals surface area contributed by atoms with Crippen molar-refractivity contribution in [2.45, 2.75) is 48.4 Å². The summed E-state index contributed by atoms with van der Waals surface area (Å²) in [6.45, 7) is 1.83. The van der Waals surface area contributed by atoms with Crippen molar-refractivity contribution in [3.63, 3.8) is 0 Å². The topological polar surface area (TPSA) is 97.8 Å². The van der Waals surface area contributed by atoms with Gasteiger partial charge in [0, 0.05) is 12.8 Å². The molecule has 3 atom stereocenters. The van der Waals surface area contributed by atoms with Crippen molar-refractivity contribution in [3.8, 4) is 0 Å². The molecular weight excluding hydrogens is 346 g/mol. The van der Waals surface area contributed by atoms with Gasteiger partial charge in [0.1, 0.15) is 11.3 Å². The summed E-state index contributed by atoms with van der Waals surface area (Å²) < 4.78 is 30.7. The van der Waals surface area contributed by atoms with Crippen LogP contribution in [0.2, 0.25) is 0 Å². The Morgan fingerprint density at radius 1 is 1.20 bits per heavy atom. The smallest absolute Gasteiger partial charge is 0.329 e. The number of carbonyl (C=O) groups is 3. The van der Waals surface area contributed by atoms with E-state index in [1.807, 2.05) is 6.92 Å². The van der Waals surface area contributed by atoms with E-state index in [9.17, 15) is 22.8 Å². The Kier molecular flexibility index (Phi) is 4.40. The van der Waals surface area contributed by atoms with Crippen LogP contribution in [0.25, 0.3) is 0 Å². The molecule has 1 aromatic carbocycles. The molecule has 0 spiro atoms. The van der Waals surface area contributed by atoms with Gasteiger partial charge in [0.05, 0.1) is 18.0 Å². The van der Waals surface area contributed by atoms with Crippen LogP contribution in [-0.4, -0.2) is 55.4 Å². The number of rotatable bonds is 3. The fraction of sp³-hybridized carbons (Fsp3) is 0.471. The lowest BCUT2D eigenvalue weighted by atomic mass is 9.95. The number of methoxy groups -OCH3 is 1. The van der Waals surface area contributed by atoms with Crippen molar-refractivity contribution in [1.29, 1.82) is 0 Å². The minimum atomic E-state index is -3.96. The number of nitrogens with zero attached hydrogens (tertiary/aromatic N) is 1. The van der Waals surface area contributed by atoms with Gasteiger partial charge in [-0.2, -0.15) is 0 Å². The van der Waals surface area contributed by atoms with Gasteiger partial charge in [-0.25, -0.2) is 13.2 Å². The molecule has 2 heterocycles. The zero-order valence-electron chi connectivity index (χ0n) is 14.0. The number of Topliss-reactive ketones (excluding diaryl/α,β-unsaturated/α-hetero) is 1. The number of benzene rings is 1. The lowest BCUT2D eigenvalue weighted by Gasteiger charge is -2.39. The molecule has 2 aliphatic rings. The summed E-state index contributed by atoms with van der Waals surface area (Å²) in [6, 6.07) is 4.38. The highest BCUT2D eigenvalue weighted by Gasteiger charge is 2.55. The number of ketones is 1. The Morgan fingerprint density at radius 2 is 1.84 bits per heavy atom. The maximum absolute atomic E-state index is 13.0. The fourth-order valence-corrected chi connectivity index (χ4v) is 5.57. The number of amides is 1. The maximum atomic E-state index is 13.0. The molecule has 8 heteroatoms. The first-order valence-corrected chi connectivity index (χ1v) is 9.54. The number of carbonyl (C=O) groups excluding carboxylic acids is 3. The molecule has 2 fully saturated rings. The number of fused-ring (bicyclic) bond motifs is 1. The second kappa shape index (κ2) is 6.25. The summed E-state index contributed by atoms with van der Waals surface area (Å²) >= 11 is 0. The number of hydrogen-bond acceptors (Lipinski definition) is 6. The van der Waals surface area contributed by atoms with Crippen LogP contribution < -0.4 is 0 Å². The monoisotopic (exact) mass is 365 g/mol. The predicted molar refractivity (Wildman–Crippen MR) is 87.4 cm³/mol. The number of hydrogen-bond donors (Lipinski definition) is 0. The van der Waals surface area contributed by atoms with E-state index < -0.39 is 38.9 Å². The molecule has 0 bridgehead atoms. The highest BCUT2D eigenvalue weighted by atomic mass is 32.2. The highest BCUT2D eigenvalue weighted by molar-refractivity contribution is 7.93. The van der Waals surface area contributed by atoms with Gasteiger partial charge in [0.25, 0.3) is 0 Å². The van der Waals surface area contributed by atoms with Crippen LogP contribution in [0.3, 0.4) is 0 Å². The highest BCUT2D eigenvalue weighted by Crippen LogP contribution is 2.36. The summed E-state index contributed by atoms with van der Waals surface area (Å²) in [5, 5.41) is -1.34. The molecule has 1 unspecified atom stereocenters. The van der Waals surface area contributed by atoms with E-state index in [1.165, 1.54) is 24.1 Å². The molecular formula is C17H19NO6S. The Balaban J connectivity index is 2.02. The van der Waals surface area contributed by atoms with Crippen LogP contribution >= 0.6 is 0 Å². The van der Waals surface area contributed by atoms with Gasteiger partial charge < -0.3 is 9.64 Å². The molecule has 0 saturated carbocycles. The van der Waals surface area contributed by atoms with Crippen LogP contribution in [0.1, 0.15) is 24.8 Å². The van der Waals surface area contributed by atoms with Crippen molar-refractivity contribution in [3.05, 3.63) is 29.8 Å². The number of aryl methyl sites for hydroxylation is 1. The maximum Gasteiger partial charge on any atom is 0.329 e. The molecule has 2 saturated heterocycles. The van der Waals surface area contributed by atoms with Gasteiger partial charge in [0.15, 0.2) is 15.6 Å². The van der Waals surface area contributed by atoms with E-state index >= 15 is 0 Å². The van der Waals surface area contributed by atoms with E-state index in [2.05, 4.69) is 4.74 Å². The third-order valence-electron chi connectivity index (χ3n) is 4.85. The molecule has 0 aromatic heterocycles. The molecule has 134 valence electrons. The number of ether oxygens (including phenoxy) is 1. The minimum absolute atomic E-state index is 0.0484. The standard InChI is InChI=1S/C17H19NO6S/c1-10-3-5-11(6-4-10)25(22,23)16-12-7-8-15(20)18(12)13(9-14(16)19)17(21)24-2/h3-6,12-13,16H,7-9H2,1-2H3/t12-,13?,16-/m1/s1. The van der Waals surface area contributed by atoms with Crippen molar-refractivity contribution in [2.75, 3.05) is 7.11 Å². The van der Waals surface area contributed by atoms with E-state index in [0.29, 0.717) is 0 Å². The summed E-state index contributed by atoms with van der Waals surface area (Å²) in [5.41, 5.74) is 0.900. The van der Waals surface area contributed by atoms with Crippen LogP contribution in [0, 0.1) is 6.92 Å². The van der Waals surface area contributed by atoms with Gasteiger partial charge in [0.2, 0.25) is 5.91 Å². The summed E-state index contributed by atoms with van der Waals surface area (Å²) in [5.74, 6) is -1.57. The average Bonchev–Trinajstić information content (AvgIpc) is 2.95. The first kappa shape index (κ1) is 17.6. The van der Waals surface area contributed by atoms with Crippen LogP contribution in [0.5, 0.6) is 0 Å². The second-order valence-corrected chi connectivity index (χ2v) is 8.46. The van der Waals surface area contributed by atoms with Crippen molar-refractivity contribution < 1.29 is 27.5 Å². The molecule has 0 radical (unpaired) electrons. The lowest BCUT2D eigenvalue weighted by molar-refractivity contribution is -0.156. The van der Waals surface area contributed by atoms with Crippen LogP contribution in [0.4, 0.5) is 0 Å². The normalized spacial score (nSPS) is 26.5. The SMILES string of the molecule is COC(=O)C1CC(=O)[C@H](S(=O)(=O)c2ccc(C)cc2)[C@H]2CCC(=O)N12. The third-order valence-corrected chi connectivity index (χ3v) is 7.03. The average molecular weight is 365 g/mol. The first-order valence-electron chi connectivity index (χ1n) is 7.99. The number of sulfone groups is 1. The summed E-state index contributed by atoms with van der Waals surface area (Å²) in [6.07, 6.45) is 0.00383. The Bertz CT molecular complexity index is 829. The quantitative estimate of drug-likeness (QED) is 0.729. The fourth-order valence-electron chi connectivity index (χ4n) is 3.63. The molecule has 3 rings (SSSR count). The van der Waals surface area contributed by atoms with Crippen molar-refractivity contribution >= 4 is 27.5 Å². The van der Waals surface area contributed by atoms with Crippen molar-refractivity contribution in [2.24, 2.45) is 0 Å². The molecule has 0 N–H and O–H groups in total. The van der Waals surface area contributed by atoms with Gasteiger partial charge in [-0.1, -0.05) is 17.7 Å². The summed E-state index contributed by atoms with van der Waals surface area (Å²) in [7, 11) is -2.78. The Hall–Kier alpha value is -2.22. The van der Waals surface area contributed by atoms with E-state index in [-0.39, 0.29) is 30.1 Å². The zero-order valence-corrected chi connectivity index (χ0v) is 14.8. The zero-order chi connectivity index (χ0) is 18.4. The molecule has 0 aliphatic carbocycles. The number of esters is 1. The van der Waals surface area contributed by atoms with Gasteiger partial charge in [-0.15, -0.1) is 0 Å². The Labute approximate surface area is 145 Å². The molecule has 2 aliphatic heterocycles. The minimum Gasteiger partial charge on any atom is -0.467 e. The van der Waals surface area contributed by atoms with Gasteiger partial charge >= 0.3 is 5.97 Å². The largest absolute Gasteiger partial charge is 0.467 e. The Morgan fingerprint density at radius 3 is 2.44 bits per heavy atom. The predicted octanol–water partition coefficient (Wildman–Crippen LogP) is 0.643. The summed E-state index contributed by atoms with van der Waals surface area (Å²) in [4.78, 5) is 38.1. The van der Waals surface area contributed by atoms with E-state index in [0.717, 1.165) is 5.56 Å². The third kappa shape index (κ3) is 2.84. The lowest BCUT2D eigenvalue weighted by Crippen LogP contribution is -2.60. The van der Waals surface area contributed by atoms with Crippen LogP contribution in [0.15, 0.2) is 29.2 Å². The number of piperidine rings is 1. The van der Waals surface area contributed by atoms with E-state index in [1.54, 1.807) is 12.1 Å². The first-order chi connectivity index (χ1) is 11.8. The molecule has 1 amide bonds. The van der Waals surface area contributed by atoms with Crippen molar-refractivity contribution in [1.82, 2.24) is 4.90 Å². The molecule has 25 heavy (non-hydrogen) atoms.